The van der Waals surface area contributed by atoms with Crippen LogP contribution in [0.15, 0.2) is 30.3 Å². The van der Waals surface area contributed by atoms with Crippen molar-refractivity contribution in [1.82, 2.24) is 29.6 Å². The number of imidazole rings is 1. The van der Waals surface area contributed by atoms with E-state index in [0.29, 0.717) is 77.9 Å². The molecule has 43 heavy (non-hydrogen) atoms. The van der Waals surface area contributed by atoms with Gasteiger partial charge in [0, 0.05) is 30.1 Å². The summed E-state index contributed by atoms with van der Waals surface area (Å²) in [7, 11) is -2.81. The summed E-state index contributed by atoms with van der Waals surface area (Å²) in [5, 5.41) is 6.48. The van der Waals surface area contributed by atoms with E-state index in [1.165, 1.54) is 13.2 Å². The Kier molecular flexibility index (Phi) is 7.49. The summed E-state index contributed by atoms with van der Waals surface area (Å²) in [5.41, 5.74) is 2.97. The molecule has 2 fully saturated rings. The van der Waals surface area contributed by atoms with E-state index in [1.807, 2.05) is 17.6 Å². The summed E-state index contributed by atoms with van der Waals surface area (Å²) in [6.45, 7) is -0.0183. The van der Waals surface area contributed by atoms with Crippen LogP contribution in [0, 0.1) is 12.8 Å². The summed E-state index contributed by atoms with van der Waals surface area (Å²) in [6, 6.07) is 7.19. The van der Waals surface area contributed by atoms with Gasteiger partial charge in [0.2, 0.25) is 10.0 Å². The van der Waals surface area contributed by atoms with Crippen LogP contribution in [0.4, 0.5) is 19.0 Å². The third kappa shape index (κ3) is 5.51. The van der Waals surface area contributed by atoms with Crippen LogP contribution in [-0.2, 0) is 16.6 Å². The molecule has 4 aromatic rings. The Morgan fingerprint density at radius 3 is 2.63 bits per heavy atom. The first-order valence-corrected chi connectivity index (χ1v) is 15.8. The Balaban J connectivity index is 1.45. The van der Waals surface area contributed by atoms with Crippen molar-refractivity contribution in [2.24, 2.45) is 5.92 Å². The molecule has 6 rings (SSSR count). The lowest BCUT2D eigenvalue weighted by atomic mass is 10.0. The number of pyridine rings is 2. The van der Waals surface area contributed by atoms with Gasteiger partial charge < -0.3 is 19.9 Å². The molecule has 1 saturated heterocycles. The van der Waals surface area contributed by atoms with Crippen LogP contribution in [-0.4, -0.2) is 78.5 Å². The lowest BCUT2D eigenvalue weighted by Crippen LogP contribution is -2.52. The van der Waals surface area contributed by atoms with Crippen molar-refractivity contribution in [2.45, 2.75) is 51.5 Å². The second-order valence-electron chi connectivity index (χ2n) is 11.1. The summed E-state index contributed by atoms with van der Waals surface area (Å²) < 4.78 is 75.5. The van der Waals surface area contributed by atoms with Gasteiger partial charge in [0.25, 0.3) is 5.91 Å². The summed E-state index contributed by atoms with van der Waals surface area (Å²) >= 11 is 0. The van der Waals surface area contributed by atoms with Gasteiger partial charge in [-0.05, 0) is 62.9 Å². The number of aryl methyl sites for hydroxylation is 1. The van der Waals surface area contributed by atoms with E-state index in [4.69, 9.17) is 9.72 Å². The Hall–Kier alpha value is -3.85. The van der Waals surface area contributed by atoms with Gasteiger partial charge in [-0.3, -0.25) is 9.20 Å². The second-order valence-corrected chi connectivity index (χ2v) is 13.0. The van der Waals surface area contributed by atoms with E-state index in [2.05, 4.69) is 15.6 Å². The lowest BCUT2D eigenvalue weighted by Gasteiger charge is -2.27. The highest BCUT2D eigenvalue weighted by atomic mass is 32.2. The number of methoxy groups -OCH3 is 1. The molecular formula is C28H32F3N7O4S. The number of aromatic nitrogens is 4. The number of rotatable bonds is 9. The zero-order chi connectivity index (χ0) is 30.6. The normalized spacial score (nSPS) is 19.3. The van der Waals surface area contributed by atoms with Crippen molar-refractivity contribution in [1.29, 1.82) is 0 Å². The number of anilines is 1. The monoisotopic (exact) mass is 619 g/mol. The summed E-state index contributed by atoms with van der Waals surface area (Å²) in [5.74, 6) is -0.118. The molecule has 0 aromatic carbocycles. The molecule has 15 heteroatoms. The van der Waals surface area contributed by atoms with Crippen molar-refractivity contribution in [2.75, 3.05) is 30.8 Å². The zero-order valence-corrected chi connectivity index (χ0v) is 24.7. The summed E-state index contributed by atoms with van der Waals surface area (Å²) in [6.07, 6.45) is 1.87. The number of alkyl halides is 3. The van der Waals surface area contributed by atoms with Gasteiger partial charge in [-0.1, -0.05) is 0 Å². The second kappa shape index (κ2) is 11.0. The molecule has 2 N–H and O–H groups in total. The number of halogens is 3. The van der Waals surface area contributed by atoms with E-state index in [0.717, 1.165) is 12.8 Å². The quantitative estimate of drug-likeness (QED) is 0.275. The number of carbonyl (C=O) groups excluding carboxylic acids is 1. The average Bonchev–Trinajstić information content (AvgIpc) is 3.62. The third-order valence-electron chi connectivity index (χ3n) is 7.97. The minimum atomic E-state index is -4.29. The van der Waals surface area contributed by atoms with Crippen LogP contribution in [0.2, 0.25) is 0 Å². The number of piperidine rings is 1. The molecule has 0 radical (unpaired) electrons. The number of carbonyl (C=O) groups is 1. The maximum Gasteiger partial charge on any atom is 0.329 e. The largest absolute Gasteiger partial charge is 0.482 e. The molecule has 1 aliphatic heterocycles. The highest BCUT2D eigenvalue weighted by Crippen LogP contribution is 2.38. The number of ether oxygens (including phenoxy) is 1. The predicted octanol–water partition coefficient (Wildman–Crippen LogP) is 3.50. The van der Waals surface area contributed by atoms with Gasteiger partial charge in [0.05, 0.1) is 30.8 Å². The number of hydrogen-bond acceptors (Lipinski definition) is 7. The molecule has 1 saturated carbocycles. The Morgan fingerprint density at radius 1 is 1.21 bits per heavy atom. The first-order valence-electron chi connectivity index (χ1n) is 14.0. The number of fused-ring (bicyclic) bond motifs is 2. The molecule has 2 aliphatic rings. The first kappa shape index (κ1) is 29.2. The SMILES string of the molecule is COc1cc(C(=O)N[C@H]2CNCC[C@@H]2F)cc2nc(-c3cc4ccc(N(C(F)F)S(C)(=O)=O)nc4n3CC3CC3)c(C)n12. The van der Waals surface area contributed by atoms with E-state index >= 15 is 0 Å². The minimum absolute atomic E-state index is 0.00267. The Morgan fingerprint density at radius 2 is 1.98 bits per heavy atom. The average molecular weight is 620 g/mol. The fourth-order valence-electron chi connectivity index (χ4n) is 5.61. The third-order valence-corrected chi connectivity index (χ3v) is 9.03. The van der Waals surface area contributed by atoms with E-state index < -0.39 is 34.7 Å². The van der Waals surface area contributed by atoms with Crippen LogP contribution in [0.3, 0.4) is 0 Å². The van der Waals surface area contributed by atoms with Gasteiger partial charge in [0.15, 0.2) is 5.88 Å². The van der Waals surface area contributed by atoms with Crippen molar-refractivity contribution in [3.05, 3.63) is 41.6 Å². The number of sulfonamides is 1. The molecule has 230 valence electrons. The Labute approximate surface area is 246 Å². The molecule has 2 atom stereocenters. The van der Waals surface area contributed by atoms with Gasteiger partial charge in [-0.25, -0.2) is 22.8 Å². The minimum Gasteiger partial charge on any atom is -0.482 e. The molecule has 11 nitrogen and oxygen atoms in total. The number of nitrogens with zero attached hydrogens (tertiary/aromatic N) is 5. The zero-order valence-electron chi connectivity index (χ0n) is 23.8. The van der Waals surface area contributed by atoms with Gasteiger partial charge in [0.1, 0.15) is 29.0 Å². The maximum atomic E-state index is 14.4. The van der Waals surface area contributed by atoms with Crippen molar-refractivity contribution >= 4 is 38.4 Å². The maximum absolute atomic E-state index is 14.4. The van der Waals surface area contributed by atoms with Crippen molar-refractivity contribution < 1.29 is 31.1 Å². The highest BCUT2D eigenvalue weighted by molar-refractivity contribution is 7.92. The van der Waals surface area contributed by atoms with Crippen molar-refractivity contribution in [3.63, 3.8) is 0 Å². The molecule has 4 aromatic heterocycles. The van der Waals surface area contributed by atoms with Crippen molar-refractivity contribution in [3.8, 4) is 17.3 Å². The van der Waals surface area contributed by atoms with Gasteiger partial charge in [-0.2, -0.15) is 13.1 Å². The fraction of sp³-hybridized carbons (Fsp3) is 0.464. The lowest BCUT2D eigenvalue weighted by molar-refractivity contribution is 0.0892. The first-order chi connectivity index (χ1) is 20.5. The Bertz CT molecular complexity index is 1820. The standard InChI is InChI=1S/C28H32F3N7O4S/c1-15-25(34-23-11-18(12-24(42-2)37(15)23)27(39)33-20-13-32-9-8-19(20)29)21-10-17-6-7-22(38(28(30)31)43(3,40)41)35-26(17)36(21)14-16-4-5-16/h6-7,10-12,16,19-20,28,32H,4-5,8-9,13-14H2,1-3H3,(H,33,39)/t19-,20-/m0/s1. The number of nitrogens with one attached hydrogen (secondary N) is 2. The van der Waals surface area contributed by atoms with Crippen LogP contribution in [0.1, 0.15) is 35.3 Å². The molecular weight excluding hydrogens is 587 g/mol. The smallest absolute Gasteiger partial charge is 0.329 e. The summed E-state index contributed by atoms with van der Waals surface area (Å²) in [4.78, 5) is 22.4. The van der Waals surface area contributed by atoms with Gasteiger partial charge in [-0.15, -0.1) is 0 Å². The highest BCUT2D eigenvalue weighted by Gasteiger charge is 2.31. The molecule has 0 unspecified atom stereocenters. The molecule has 1 amide bonds. The van der Waals surface area contributed by atoms with E-state index in [9.17, 15) is 26.4 Å². The topological polar surface area (TPSA) is 123 Å². The van der Waals surface area contributed by atoms with Crippen LogP contribution in [0.5, 0.6) is 5.88 Å². The van der Waals surface area contributed by atoms with Crippen LogP contribution >= 0.6 is 0 Å². The van der Waals surface area contributed by atoms with Crippen LogP contribution < -0.4 is 19.7 Å². The number of hydrogen-bond donors (Lipinski definition) is 2. The molecule has 5 heterocycles. The fourth-order valence-corrected chi connectivity index (χ4v) is 6.35. The van der Waals surface area contributed by atoms with E-state index in [-0.39, 0.29) is 15.7 Å². The number of amides is 1. The van der Waals surface area contributed by atoms with Gasteiger partial charge >= 0.3 is 6.55 Å². The molecule has 0 bridgehead atoms. The molecule has 0 spiro atoms. The molecule has 1 aliphatic carbocycles. The predicted molar refractivity (Wildman–Crippen MR) is 155 cm³/mol. The van der Waals surface area contributed by atoms with Crippen LogP contribution in [0.25, 0.3) is 28.1 Å². The van der Waals surface area contributed by atoms with E-state index in [1.54, 1.807) is 22.6 Å².